The predicted octanol–water partition coefficient (Wildman–Crippen LogP) is 3.92. The number of piperazine rings is 1. The molecule has 9 heteroatoms. The molecule has 158 valence electrons. The van der Waals surface area contributed by atoms with Gasteiger partial charge in [-0.25, -0.2) is 4.98 Å². The van der Waals surface area contributed by atoms with Crippen molar-refractivity contribution in [3.63, 3.8) is 0 Å². The maximum Gasteiger partial charge on any atom is 0.257 e. The van der Waals surface area contributed by atoms with Crippen LogP contribution in [0.15, 0.2) is 42.5 Å². The fourth-order valence-corrected chi connectivity index (χ4v) is 4.78. The summed E-state index contributed by atoms with van der Waals surface area (Å²) in [5.74, 6) is 0.274. The molecule has 1 aliphatic heterocycles. The summed E-state index contributed by atoms with van der Waals surface area (Å²) >= 11 is 13.6. The number of fused-ring (bicyclic) bond motifs is 1. The number of carbonyl (C=O) groups is 1. The van der Waals surface area contributed by atoms with Gasteiger partial charge in [-0.15, -0.1) is 0 Å². The number of nitrogens with one attached hydrogen (secondary N) is 1. The lowest BCUT2D eigenvalue weighted by Crippen LogP contribution is -2.48. The van der Waals surface area contributed by atoms with Crippen LogP contribution in [0.1, 0.15) is 0 Å². The summed E-state index contributed by atoms with van der Waals surface area (Å²) in [6.07, 6.45) is 0. The topological polar surface area (TPSA) is 57.7 Å². The summed E-state index contributed by atoms with van der Waals surface area (Å²) in [6, 6.07) is 13.2. The average Bonchev–Trinajstić information content (AvgIpc) is 3.18. The van der Waals surface area contributed by atoms with Gasteiger partial charge >= 0.3 is 0 Å². The molecule has 1 fully saturated rings. The molecule has 1 N–H and O–H groups in total. The summed E-state index contributed by atoms with van der Waals surface area (Å²) in [4.78, 5) is 21.4. The molecule has 0 radical (unpaired) electrons. The van der Waals surface area contributed by atoms with Gasteiger partial charge in [-0.3, -0.25) is 9.69 Å². The number of rotatable bonds is 7. The van der Waals surface area contributed by atoms with Gasteiger partial charge in [0.1, 0.15) is 5.75 Å². The number of carbonyl (C=O) groups excluding carboxylic acids is 1. The third-order valence-corrected chi connectivity index (χ3v) is 6.56. The zero-order valence-corrected chi connectivity index (χ0v) is 18.6. The maximum absolute atomic E-state index is 12.0. The van der Waals surface area contributed by atoms with E-state index >= 15 is 0 Å². The van der Waals surface area contributed by atoms with Crippen molar-refractivity contribution < 1.29 is 9.53 Å². The Bertz CT molecular complexity index is 988. The summed E-state index contributed by atoms with van der Waals surface area (Å²) in [7, 11) is 0. The van der Waals surface area contributed by atoms with E-state index in [9.17, 15) is 4.79 Å². The Hall–Kier alpha value is -2.06. The van der Waals surface area contributed by atoms with Gasteiger partial charge in [-0.1, -0.05) is 46.7 Å². The van der Waals surface area contributed by atoms with Crippen molar-refractivity contribution >= 4 is 55.8 Å². The smallest absolute Gasteiger partial charge is 0.257 e. The second kappa shape index (κ2) is 9.83. The first kappa shape index (κ1) is 21.2. The predicted molar refractivity (Wildman–Crippen MR) is 123 cm³/mol. The molecule has 1 amide bonds. The molecular weight excluding hydrogens is 443 g/mol. The van der Waals surface area contributed by atoms with E-state index in [0.29, 0.717) is 22.3 Å². The Morgan fingerprint density at radius 1 is 1.13 bits per heavy atom. The summed E-state index contributed by atoms with van der Waals surface area (Å²) < 4.78 is 6.68. The van der Waals surface area contributed by atoms with Gasteiger partial charge in [0, 0.05) is 44.3 Å². The highest BCUT2D eigenvalue weighted by atomic mass is 35.5. The number of anilines is 1. The third-order valence-electron chi connectivity index (χ3n) is 4.93. The number of ether oxygens (including phenoxy) is 1. The normalized spacial score (nSPS) is 14.8. The van der Waals surface area contributed by atoms with E-state index in [1.54, 1.807) is 29.5 Å². The number of amides is 1. The van der Waals surface area contributed by atoms with Gasteiger partial charge in [0.05, 0.1) is 15.2 Å². The second-order valence-corrected chi connectivity index (χ2v) is 8.86. The monoisotopic (exact) mass is 464 g/mol. The van der Waals surface area contributed by atoms with Gasteiger partial charge in [0.15, 0.2) is 11.7 Å². The van der Waals surface area contributed by atoms with E-state index in [0.717, 1.165) is 43.4 Å². The van der Waals surface area contributed by atoms with Crippen LogP contribution < -0.4 is 15.0 Å². The quantitative estimate of drug-likeness (QED) is 0.573. The van der Waals surface area contributed by atoms with Gasteiger partial charge in [-0.05, 0) is 30.3 Å². The summed E-state index contributed by atoms with van der Waals surface area (Å²) in [5, 5.41) is 4.90. The first-order valence-corrected chi connectivity index (χ1v) is 11.3. The minimum Gasteiger partial charge on any atom is -0.482 e. The molecule has 6 nitrogen and oxygen atoms in total. The fraction of sp³-hybridized carbons (Fsp3) is 0.333. The number of halogens is 2. The highest BCUT2D eigenvalue weighted by molar-refractivity contribution is 7.22. The number of hydrogen-bond acceptors (Lipinski definition) is 6. The first-order chi connectivity index (χ1) is 14.6. The van der Waals surface area contributed by atoms with Gasteiger partial charge in [0.25, 0.3) is 5.91 Å². The lowest BCUT2D eigenvalue weighted by atomic mass is 10.3. The maximum atomic E-state index is 12.0. The minimum absolute atomic E-state index is 0.0767. The number of para-hydroxylation sites is 1. The van der Waals surface area contributed by atoms with E-state index in [1.165, 1.54) is 4.70 Å². The molecule has 1 aromatic heterocycles. The number of benzene rings is 2. The van der Waals surface area contributed by atoms with E-state index < -0.39 is 0 Å². The Kier molecular flexibility index (Phi) is 6.94. The zero-order valence-electron chi connectivity index (χ0n) is 16.3. The van der Waals surface area contributed by atoms with Crippen molar-refractivity contribution in [2.45, 2.75) is 0 Å². The summed E-state index contributed by atoms with van der Waals surface area (Å²) in [5.41, 5.74) is 1.06. The molecule has 0 aliphatic carbocycles. The first-order valence-electron chi connectivity index (χ1n) is 9.76. The number of nitrogens with zero attached hydrogens (tertiary/aromatic N) is 3. The van der Waals surface area contributed by atoms with Crippen LogP contribution in [0.25, 0.3) is 10.2 Å². The Balaban J connectivity index is 1.16. The number of hydrogen-bond donors (Lipinski definition) is 1. The average molecular weight is 465 g/mol. The van der Waals surface area contributed by atoms with E-state index in [4.69, 9.17) is 32.9 Å². The molecule has 2 heterocycles. The molecule has 0 atom stereocenters. The van der Waals surface area contributed by atoms with Crippen LogP contribution in [0.3, 0.4) is 0 Å². The van der Waals surface area contributed by atoms with Crippen LogP contribution in [0, 0.1) is 0 Å². The van der Waals surface area contributed by atoms with Crippen LogP contribution in [0.4, 0.5) is 5.13 Å². The Labute approximate surface area is 189 Å². The van der Waals surface area contributed by atoms with Gasteiger partial charge in [-0.2, -0.15) is 0 Å². The number of aromatic nitrogens is 1. The van der Waals surface area contributed by atoms with Crippen LogP contribution in [0.2, 0.25) is 10.0 Å². The summed E-state index contributed by atoms with van der Waals surface area (Å²) in [6.45, 7) is 5.08. The third kappa shape index (κ3) is 5.35. The van der Waals surface area contributed by atoms with Crippen LogP contribution in [-0.2, 0) is 4.79 Å². The highest BCUT2D eigenvalue weighted by Gasteiger charge is 2.19. The molecule has 0 bridgehead atoms. The van der Waals surface area contributed by atoms with E-state index in [-0.39, 0.29) is 12.5 Å². The molecule has 4 rings (SSSR count). The van der Waals surface area contributed by atoms with Crippen molar-refractivity contribution in [3.8, 4) is 5.75 Å². The molecular formula is C21H22Cl2N4O2S. The highest BCUT2D eigenvalue weighted by Crippen LogP contribution is 2.29. The molecule has 3 aromatic rings. The lowest BCUT2D eigenvalue weighted by molar-refractivity contribution is -0.123. The van der Waals surface area contributed by atoms with Crippen LogP contribution in [0.5, 0.6) is 5.75 Å². The largest absolute Gasteiger partial charge is 0.482 e. The molecule has 2 aromatic carbocycles. The molecule has 1 saturated heterocycles. The molecule has 0 saturated carbocycles. The fourth-order valence-electron chi connectivity index (χ4n) is 3.30. The van der Waals surface area contributed by atoms with E-state index in [1.807, 2.05) is 12.1 Å². The molecule has 1 aliphatic rings. The molecule has 30 heavy (non-hydrogen) atoms. The van der Waals surface area contributed by atoms with Crippen LogP contribution in [-0.4, -0.2) is 61.7 Å². The number of thiazole rings is 1. The molecule has 0 unspecified atom stereocenters. The van der Waals surface area contributed by atoms with Crippen molar-refractivity contribution in [1.29, 1.82) is 0 Å². The van der Waals surface area contributed by atoms with Crippen molar-refractivity contribution in [2.24, 2.45) is 0 Å². The van der Waals surface area contributed by atoms with Crippen LogP contribution >= 0.6 is 34.5 Å². The van der Waals surface area contributed by atoms with Crippen molar-refractivity contribution in [2.75, 3.05) is 50.8 Å². The van der Waals surface area contributed by atoms with Gasteiger partial charge in [0.2, 0.25) is 0 Å². The van der Waals surface area contributed by atoms with E-state index in [2.05, 4.69) is 27.2 Å². The Morgan fingerprint density at radius 2 is 1.93 bits per heavy atom. The second-order valence-electron chi connectivity index (χ2n) is 7.01. The Morgan fingerprint density at radius 3 is 2.70 bits per heavy atom. The zero-order chi connectivity index (χ0) is 20.9. The SMILES string of the molecule is O=C(COc1ccc(Cl)cc1Cl)NCCN1CCN(c2nc3ccccc3s2)CC1. The lowest BCUT2D eigenvalue weighted by Gasteiger charge is -2.34. The van der Waals surface area contributed by atoms with Crippen molar-refractivity contribution in [1.82, 2.24) is 15.2 Å². The molecule has 0 spiro atoms. The minimum atomic E-state index is -0.172. The standard InChI is InChI=1S/C21H22Cl2N4O2S/c22-15-5-6-18(16(23)13-15)29-14-20(28)24-7-8-26-9-11-27(12-10-26)21-25-17-3-1-2-4-19(17)30-21/h1-6,13H,7-12,14H2,(H,24,28). The van der Waals surface area contributed by atoms with Crippen molar-refractivity contribution in [3.05, 3.63) is 52.5 Å². The van der Waals surface area contributed by atoms with Gasteiger partial charge < -0.3 is 15.0 Å².